The van der Waals surface area contributed by atoms with E-state index in [4.69, 9.17) is 0 Å². The Labute approximate surface area is 116 Å². The number of amides is 1. The standard InChI is InChI=1S/C14H19F3N2O/c1-9(2)19-13(20)10(3)18-8-11-5-4-6-12(7-11)14(15,16)17/h4-7,9-10,18H,8H2,1-3H3,(H,19,20). The van der Waals surface area contributed by atoms with Crippen LogP contribution in [0, 0.1) is 0 Å². The van der Waals surface area contributed by atoms with Crippen LogP contribution < -0.4 is 10.6 Å². The molecular formula is C14H19F3N2O. The Hall–Kier alpha value is -1.56. The van der Waals surface area contributed by atoms with Gasteiger partial charge in [-0.2, -0.15) is 13.2 Å². The summed E-state index contributed by atoms with van der Waals surface area (Å²) in [5, 5.41) is 5.64. The Bertz CT molecular complexity index is 458. The molecule has 0 heterocycles. The number of hydrogen-bond donors (Lipinski definition) is 2. The lowest BCUT2D eigenvalue weighted by Gasteiger charge is -2.16. The van der Waals surface area contributed by atoms with E-state index in [0.717, 1.165) is 12.1 Å². The SMILES string of the molecule is CC(C)NC(=O)C(C)NCc1cccc(C(F)(F)F)c1. The molecule has 0 aromatic heterocycles. The monoisotopic (exact) mass is 288 g/mol. The first-order valence-corrected chi connectivity index (χ1v) is 6.40. The molecule has 0 radical (unpaired) electrons. The van der Waals surface area contributed by atoms with Gasteiger partial charge in [-0.25, -0.2) is 0 Å². The topological polar surface area (TPSA) is 41.1 Å². The molecule has 0 saturated heterocycles. The first kappa shape index (κ1) is 16.5. The molecule has 2 N–H and O–H groups in total. The van der Waals surface area contributed by atoms with Crippen molar-refractivity contribution in [2.24, 2.45) is 0 Å². The van der Waals surface area contributed by atoms with Crippen molar-refractivity contribution in [3.05, 3.63) is 35.4 Å². The predicted molar refractivity (Wildman–Crippen MR) is 71.0 cm³/mol. The number of nitrogens with one attached hydrogen (secondary N) is 2. The number of benzene rings is 1. The van der Waals surface area contributed by atoms with Gasteiger partial charge in [0.1, 0.15) is 0 Å². The molecule has 1 amide bonds. The lowest BCUT2D eigenvalue weighted by Crippen LogP contribution is -2.44. The maximum atomic E-state index is 12.6. The second kappa shape index (κ2) is 6.74. The minimum Gasteiger partial charge on any atom is -0.353 e. The second-order valence-corrected chi connectivity index (χ2v) is 4.96. The van der Waals surface area contributed by atoms with Crippen molar-refractivity contribution >= 4 is 5.91 Å². The van der Waals surface area contributed by atoms with Gasteiger partial charge in [0.25, 0.3) is 0 Å². The van der Waals surface area contributed by atoms with E-state index in [1.165, 1.54) is 6.07 Å². The smallest absolute Gasteiger partial charge is 0.353 e. The van der Waals surface area contributed by atoms with Crippen molar-refractivity contribution < 1.29 is 18.0 Å². The summed E-state index contributed by atoms with van der Waals surface area (Å²) < 4.78 is 37.7. The van der Waals surface area contributed by atoms with E-state index in [0.29, 0.717) is 5.56 Å². The van der Waals surface area contributed by atoms with Gasteiger partial charge in [-0.3, -0.25) is 4.79 Å². The van der Waals surface area contributed by atoms with Crippen LogP contribution in [0.4, 0.5) is 13.2 Å². The summed E-state index contributed by atoms with van der Waals surface area (Å²) in [6.07, 6.45) is -4.35. The number of rotatable bonds is 5. The van der Waals surface area contributed by atoms with Gasteiger partial charge in [-0.15, -0.1) is 0 Å². The van der Waals surface area contributed by atoms with Gasteiger partial charge in [0.2, 0.25) is 5.91 Å². The van der Waals surface area contributed by atoms with Gasteiger partial charge in [0.15, 0.2) is 0 Å². The maximum Gasteiger partial charge on any atom is 0.416 e. The molecule has 0 bridgehead atoms. The summed E-state index contributed by atoms with van der Waals surface area (Å²) in [5.41, 5.74) is -0.194. The summed E-state index contributed by atoms with van der Waals surface area (Å²) >= 11 is 0. The van der Waals surface area contributed by atoms with Crippen molar-refractivity contribution in [3.8, 4) is 0 Å². The Morgan fingerprint density at radius 1 is 1.25 bits per heavy atom. The molecule has 3 nitrogen and oxygen atoms in total. The first-order chi connectivity index (χ1) is 9.20. The zero-order valence-electron chi connectivity index (χ0n) is 11.7. The molecule has 0 saturated carbocycles. The van der Waals surface area contributed by atoms with E-state index in [-0.39, 0.29) is 18.5 Å². The van der Waals surface area contributed by atoms with Crippen molar-refractivity contribution in [3.63, 3.8) is 0 Å². The predicted octanol–water partition coefficient (Wildman–Crippen LogP) is 2.71. The van der Waals surface area contributed by atoms with Crippen LogP contribution in [-0.4, -0.2) is 18.0 Å². The van der Waals surface area contributed by atoms with E-state index < -0.39 is 17.8 Å². The third kappa shape index (κ3) is 5.21. The van der Waals surface area contributed by atoms with Crippen LogP contribution in [0.5, 0.6) is 0 Å². The minimum absolute atomic E-state index is 0.0281. The molecule has 112 valence electrons. The van der Waals surface area contributed by atoms with E-state index in [1.807, 2.05) is 13.8 Å². The average molecular weight is 288 g/mol. The minimum atomic E-state index is -4.35. The zero-order valence-corrected chi connectivity index (χ0v) is 11.7. The third-order valence-electron chi connectivity index (χ3n) is 2.69. The summed E-state index contributed by atoms with van der Waals surface area (Å²) in [6.45, 7) is 5.57. The molecule has 1 unspecified atom stereocenters. The van der Waals surface area contributed by atoms with E-state index in [2.05, 4.69) is 10.6 Å². The molecule has 20 heavy (non-hydrogen) atoms. The summed E-state index contributed by atoms with van der Waals surface area (Å²) in [5.74, 6) is -0.174. The van der Waals surface area contributed by atoms with Crippen LogP contribution in [0.25, 0.3) is 0 Å². The van der Waals surface area contributed by atoms with Crippen molar-refractivity contribution in [1.82, 2.24) is 10.6 Å². The highest BCUT2D eigenvalue weighted by Crippen LogP contribution is 2.29. The number of alkyl halides is 3. The van der Waals surface area contributed by atoms with Gasteiger partial charge >= 0.3 is 6.18 Å². The van der Waals surface area contributed by atoms with Gasteiger partial charge in [0.05, 0.1) is 11.6 Å². The number of carbonyl (C=O) groups excluding carboxylic acids is 1. The molecular weight excluding hydrogens is 269 g/mol. The van der Waals surface area contributed by atoms with Crippen LogP contribution >= 0.6 is 0 Å². The molecule has 1 atom stereocenters. The highest BCUT2D eigenvalue weighted by molar-refractivity contribution is 5.81. The number of hydrogen-bond acceptors (Lipinski definition) is 2. The molecule has 0 spiro atoms. The van der Waals surface area contributed by atoms with Crippen LogP contribution in [0.15, 0.2) is 24.3 Å². The molecule has 0 aliphatic heterocycles. The Morgan fingerprint density at radius 3 is 2.45 bits per heavy atom. The van der Waals surface area contributed by atoms with Crippen molar-refractivity contribution in [2.45, 2.75) is 45.6 Å². The van der Waals surface area contributed by atoms with Crippen LogP contribution in [0.1, 0.15) is 31.9 Å². The maximum absolute atomic E-state index is 12.6. The molecule has 1 aromatic rings. The summed E-state index contributed by atoms with van der Waals surface area (Å²) in [7, 11) is 0. The fourth-order valence-electron chi connectivity index (χ4n) is 1.63. The Kier molecular flexibility index (Phi) is 5.56. The normalized spacial score (nSPS) is 13.3. The van der Waals surface area contributed by atoms with Gasteiger partial charge in [-0.1, -0.05) is 18.2 Å². The van der Waals surface area contributed by atoms with Gasteiger partial charge < -0.3 is 10.6 Å². The molecule has 0 aliphatic rings. The van der Waals surface area contributed by atoms with Crippen LogP contribution in [-0.2, 0) is 17.5 Å². The zero-order chi connectivity index (χ0) is 15.3. The second-order valence-electron chi connectivity index (χ2n) is 4.96. The highest BCUT2D eigenvalue weighted by Gasteiger charge is 2.30. The fourth-order valence-corrected chi connectivity index (χ4v) is 1.63. The molecule has 0 aliphatic carbocycles. The van der Waals surface area contributed by atoms with Crippen LogP contribution in [0.3, 0.4) is 0 Å². The number of halogens is 3. The lowest BCUT2D eigenvalue weighted by atomic mass is 10.1. The third-order valence-corrected chi connectivity index (χ3v) is 2.69. The Morgan fingerprint density at radius 2 is 1.90 bits per heavy atom. The van der Waals surface area contributed by atoms with Gasteiger partial charge in [0, 0.05) is 12.6 Å². The highest BCUT2D eigenvalue weighted by atomic mass is 19.4. The van der Waals surface area contributed by atoms with Crippen LogP contribution in [0.2, 0.25) is 0 Å². The van der Waals surface area contributed by atoms with Crippen molar-refractivity contribution in [1.29, 1.82) is 0 Å². The summed E-state index contributed by atoms with van der Waals surface area (Å²) in [4.78, 5) is 11.6. The fraction of sp³-hybridized carbons (Fsp3) is 0.500. The lowest BCUT2D eigenvalue weighted by molar-refractivity contribution is -0.137. The largest absolute Gasteiger partial charge is 0.416 e. The first-order valence-electron chi connectivity index (χ1n) is 6.40. The molecule has 1 rings (SSSR count). The molecule has 6 heteroatoms. The Balaban J connectivity index is 2.60. The van der Waals surface area contributed by atoms with E-state index in [9.17, 15) is 18.0 Å². The van der Waals surface area contributed by atoms with E-state index in [1.54, 1.807) is 13.0 Å². The number of carbonyl (C=O) groups is 1. The summed E-state index contributed by atoms with van der Waals surface area (Å²) in [6, 6.07) is 4.62. The van der Waals surface area contributed by atoms with Gasteiger partial charge in [-0.05, 0) is 32.4 Å². The average Bonchev–Trinajstić information content (AvgIpc) is 2.34. The van der Waals surface area contributed by atoms with E-state index >= 15 is 0 Å². The quantitative estimate of drug-likeness (QED) is 0.874. The van der Waals surface area contributed by atoms with Crippen molar-refractivity contribution in [2.75, 3.05) is 0 Å². The molecule has 1 aromatic carbocycles. The molecule has 0 fully saturated rings.